The number of imidazole rings is 1. The first-order valence-electron chi connectivity index (χ1n) is 7.97. The normalized spacial score (nSPS) is 12.6. The van der Waals surface area contributed by atoms with Crippen molar-refractivity contribution in [1.82, 2.24) is 24.3 Å². The summed E-state index contributed by atoms with van der Waals surface area (Å²) in [6.45, 7) is 5.64. The van der Waals surface area contributed by atoms with Crippen LogP contribution in [-0.2, 0) is 11.3 Å². The van der Waals surface area contributed by atoms with Gasteiger partial charge < -0.3 is 9.47 Å². The lowest BCUT2D eigenvalue weighted by molar-refractivity contribution is 0.0195. The fourth-order valence-corrected chi connectivity index (χ4v) is 2.94. The lowest BCUT2D eigenvalue weighted by Gasteiger charge is -2.18. The number of ether oxygens (including phenoxy) is 2. The van der Waals surface area contributed by atoms with Crippen molar-refractivity contribution in [2.24, 2.45) is 0 Å². The van der Waals surface area contributed by atoms with E-state index in [0.717, 1.165) is 11.3 Å². The van der Waals surface area contributed by atoms with Crippen LogP contribution in [0.2, 0.25) is 5.02 Å². The fourth-order valence-electron chi connectivity index (χ4n) is 2.77. The minimum absolute atomic E-state index is 0.170. The maximum atomic E-state index is 12.0. The van der Waals surface area contributed by atoms with Crippen molar-refractivity contribution in [3.63, 3.8) is 0 Å². The molecule has 0 aliphatic carbocycles. The molecule has 4 rings (SSSR count). The van der Waals surface area contributed by atoms with Crippen LogP contribution in [0, 0.1) is 0 Å². The Balaban J connectivity index is 1.79. The Morgan fingerprint density at radius 2 is 2.08 bits per heavy atom. The molecule has 1 aromatic carbocycles. The summed E-state index contributed by atoms with van der Waals surface area (Å²) in [6, 6.07) is 5.47. The second-order valence-electron chi connectivity index (χ2n) is 6.84. The molecule has 134 valence electrons. The van der Waals surface area contributed by atoms with Gasteiger partial charge in [0.15, 0.2) is 5.82 Å². The largest absolute Gasteiger partial charge is 0.515 e. The monoisotopic (exact) mass is 373 g/mol. The average molecular weight is 374 g/mol. The summed E-state index contributed by atoms with van der Waals surface area (Å²) < 4.78 is 14.1. The third-order valence-electron chi connectivity index (χ3n) is 3.77. The van der Waals surface area contributed by atoms with Crippen molar-refractivity contribution in [3.8, 4) is 23.0 Å². The Kier molecular flexibility index (Phi) is 3.73. The molecule has 0 bridgehead atoms. The van der Waals surface area contributed by atoms with Gasteiger partial charge in [-0.25, -0.2) is 19.4 Å². The molecule has 1 aliphatic heterocycles. The van der Waals surface area contributed by atoms with E-state index in [-0.39, 0.29) is 5.88 Å². The number of hydrogen-bond acceptors (Lipinski definition) is 6. The van der Waals surface area contributed by atoms with Crippen molar-refractivity contribution in [2.45, 2.75) is 32.9 Å². The highest BCUT2D eigenvalue weighted by Crippen LogP contribution is 2.34. The molecule has 3 aromatic rings. The standard InChI is InChI=1S/C17H16ClN5O3/c1-17(2,3)26-16(24)25-15-13-7-23-14(19-8-21-23)11-6-10(18)4-5-12(11)22(13)9-20-15/h4-6,8-9H,7H2,1-3H3. The molecule has 0 atom stereocenters. The third kappa shape index (κ3) is 2.92. The SMILES string of the molecule is CC(C)(C)OC(=O)Oc1ncn2c1Cn1ncnc1-c1cc(Cl)ccc1-2. The first-order chi connectivity index (χ1) is 12.3. The highest BCUT2D eigenvalue weighted by molar-refractivity contribution is 6.31. The van der Waals surface area contributed by atoms with E-state index >= 15 is 0 Å². The van der Waals surface area contributed by atoms with Gasteiger partial charge in [0.1, 0.15) is 23.9 Å². The smallest absolute Gasteiger partial charge is 0.428 e. The van der Waals surface area contributed by atoms with Gasteiger partial charge >= 0.3 is 6.16 Å². The number of halogens is 1. The van der Waals surface area contributed by atoms with E-state index in [2.05, 4.69) is 15.1 Å². The molecule has 9 heteroatoms. The molecule has 0 saturated carbocycles. The van der Waals surface area contributed by atoms with Gasteiger partial charge in [0, 0.05) is 10.6 Å². The van der Waals surface area contributed by atoms with Gasteiger partial charge in [-0.2, -0.15) is 5.10 Å². The first kappa shape index (κ1) is 16.6. The number of nitrogens with zero attached hydrogens (tertiary/aromatic N) is 5. The lowest BCUT2D eigenvalue weighted by atomic mass is 10.1. The highest BCUT2D eigenvalue weighted by Gasteiger charge is 2.27. The van der Waals surface area contributed by atoms with Gasteiger partial charge in [0.05, 0.1) is 12.2 Å². The molecule has 0 N–H and O–H groups in total. The van der Waals surface area contributed by atoms with Gasteiger partial charge in [-0.15, -0.1) is 0 Å². The van der Waals surface area contributed by atoms with Crippen LogP contribution in [0.3, 0.4) is 0 Å². The minimum atomic E-state index is -0.807. The molecule has 8 nitrogen and oxygen atoms in total. The van der Waals surface area contributed by atoms with Crippen LogP contribution in [0.5, 0.6) is 5.88 Å². The molecule has 0 radical (unpaired) electrons. The van der Waals surface area contributed by atoms with Crippen LogP contribution in [0.1, 0.15) is 26.5 Å². The molecule has 26 heavy (non-hydrogen) atoms. The zero-order valence-electron chi connectivity index (χ0n) is 14.4. The van der Waals surface area contributed by atoms with E-state index in [1.54, 1.807) is 37.8 Å². The molecule has 2 aromatic heterocycles. The summed E-state index contributed by atoms with van der Waals surface area (Å²) in [5.41, 5.74) is 1.64. The summed E-state index contributed by atoms with van der Waals surface area (Å²) >= 11 is 6.16. The third-order valence-corrected chi connectivity index (χ3v) is 4.01. The Bertz CT molecular complexity index is 1000. The number of rotatable bonds is 1. The van der Waals surface area contributed by atoms with Crippen molar-refractivity contribution in [1.29, 1.82) is 0 Å². The number of fused-ring (bicyclic) bond motifs is 5. The van der Waals surface area contributed by atoms with Crippen molar-refractivity contribution in [2.75, 3.05) is 0 Å². The summed E-state index contributed by atoms with van der Waals surface area (Å²) in [5, 5.41) is 4.84. The molecule has 0 amide bonds. The van der Waals surface area contributed by atoms with Crippen LogP contribution in [0.4, 0.5) is 4.79 Å². The quantitative estimate of drug-likeness (QED) is 0.475. The highest BCUT2D eigenvalue weighted by atomic mass is 35.5. The van der Waals surface area contributed by atoms with E-state index in [1.807, 2.05) is 16.7 Å². The van der Waals surface area contributed by atoms with Gasteiger partial charge in [-0.1, -0.05) is 11.6 Å². The molecular weight excluding hydrogens is 358 g/mol. The van der Waals surface area contributed by atoms with Crippen LogP contribution >= 0.6 is 11.6 Å². The number of hydrogen-bond donors (Lipinski definition) is 0. The van der Waals surface area contributed by atoms with Gasteiger partial charge in [0.2, 0.25) is 5.88 Å². The molecule has 0 saturated heterocycles. The first-order valence-corrected chi connectivity index (χ1v) is 8.35. The zero-order valence-corrected chi connectivity index (χ0v) is 15.2. The fraction of sp³-hybridized carbons (Fsp3) is 0.294. The summed E-state index contributed by atoms with van der Waals surface area (Å²) in [6.07, 6.45) is 2.26. The maximum absolute atomic E-state index is 12.0. The van der Waals surface area contributed by atoms with Crippen LogP contribution in [0.15, 0.2) is 30.9 Å². The van der Waals surface area contributed by atoms with E-state index in [4.69, 9.17) is 21.1 Å². The van der Waals surface area contributed by atoms with Gasteiger partial charge in [-0.3, -0.25) is 4.57 Å². The molecule has 0 unspecified atom stereocenters. The summed E-state index contributed by atoms with van der Waals surface area (Å²) in [4.78, 5) is 20.6. The average Bonchev–Trinajstić information content (AvgIpc) is 3.11. The molecule has 1 aliphatic rings. The molecule has 3 heterocycles. The Hall–Kier alpha value is -2.87. The van der Waals surface area contributed by atoms with E-state index in [0.29, 0.717) is 23.1 Å². The van der Waals surface area contributed by atoms with E-state index in [1.165, 1.54) is 6.33 Å². The molecule has 0 fully saturated rings. The second kappa shape index (κ2) is 5.84. The predicted octanol–water partition coefficient (Wildman–Crippen LogP) is 3.46. The number of carbonyl (C=O) groups is 1. The van der Waals surface area contributed by atoms with Crippen LogP contribution in [0.25, 0.3) is 17.1 Å². The van der Waals surface area contributed by atoms with Crippen molar-refractivity contribution >= 4 is 17.8 Å². The summed E-state index contributed by atoms with van der Waals surface area (Å²) in [7, 11) is 0. The number of carbonyl (C=O) groups excluding carboxylic acids is 1. The minimum Gasteiger partial charge on any atom is -0.428 e. The van der Waals surface area contributed by atoms with Crippen LogP contribution in [-0.4, -0.2) is 36.1 Å². The summed E-state index contributed by atoms with van der Waals surface area (Å²) in [5.74, 6) is 0.845. The second-order valence-corrected chi connectivity index (χ2v) is 7.27. The topological polar surface area (TPSA) is 84.1 Å². The Labute approximate surface area is 154 Å². The van der Waals surface area contributed by atoms with Crippen molar-refractivity contribution in [3.05, 3.63) is 41.6 Å². The van der Waals surface area contributed by atoms with E-state index < -0.39 is 11.8 Å². The zero-order chi connectivity index (χ0) is 18.5. The number of aromatic nitrogens is 5. The predicted molar refractivity (Wildman–Crippen MR) is 93.6 cm³/mol. The molecule has 0 spiro atoms. The molecular formula is C17H16ClN5O3. The van der Waals surface area contributed by atoms with Gasteiger partial charge in [0.25, 0.3) is 0 Å². The lowest BCUT2D eigenvalue weighted by Crippen LogP contribution is -2.26. The van der Waals surface area contributed by atoms with Gasteiger partial charge in [-0.05, 0) is 39.0 Å². The van der Waals surface area contributed by atoms with Crippen molar-refractivity contribution < 1.29 is 14.3 Å². The Morgan fingerprint density at radius 3 is 2.85 bits per heavy atom. The number of benzene rings is 1. The van der Waals surface area contributed by atoms with Crippen LogP contribution < -0.4 is 4.74 Å². The Morgan fingerprint density at radius 1 is 1.27 bits per heavy atom. The van der Waals surface area contributed by atoms with E-state index in [9.17, 15) is 4.79 Å². The maximum Gasteiger partial charge on any atom is 0.515 e.